The van der Waals surface area contributed by atoms with Gasteiger partial charge in [0.1, 0.15) is 6.04 Å². The van der Waals surface area contributed by atoms with Crippen LogP contribution in [0.4, 0.5) is 5.69 Å². The molecule has 0 bridgehead atoms. The lowest BCUT2D eigenvalue weighted by Crippen LogP contribution is -2.26. The number of amides is 1. The Kier molecular flexibility index (Phi) is 4.32. The van der Waals surface area contributed by atoms with Crippen molar-refractivity contribution in [2.24, 2.45) is 0 Å². The number of carboxylic acid groups (broad SMARTS) is 1. The summed E-state index contributed by atoms with van der Waals surface area (Å²) >= 11 is 0. The maximum atomic E-state index is 12.2. The summed E-state index contributed by atoms with van der Waals surface area (Å²) in [4.78, 5) is 23.0. The van der Waals surface area contributed by atoms with Gasteiger partial charge in [-0.05, 0) is 26.0 Å². The molecule has 21 heavy (non-hydrogen) atoms. The van der Waals surface area contributed by atoms with Gasteiger partial charge in [-0.2, -0.15) is 0 Å². The van der Waals surface area contributed by atoms with Crippen LogP contribution >= 0.6 is 0 Å². The third-order valence-electron chi connectivity index (χ3n) is 3.05. The number of hydrogen-bond donors (Lipinski definition) is 2. The van der Waals surface area contributed by atoms with Crippen LogP contribution < -0.4 is 5.32 Å². The Hall–Kier alpha value is -2.70. The topological polar surface area (TPSA) is 97.1 Å². The second-order valence-corrected chi connectivity index (χ2v) is 4.77. The first-order chi connectivity index (χ1) is 9.97. The molecule has 7 heteroatoms. The first-order valence-electron chi connectivity index (χ1n) is 6.46. The van der Waals surface area contributed by atoms with Crippen LogP contribution in [0, 0.1) is 6.92 Å². The van der Waals surface area contributed by atoms with Gasteiger partial charge in [0.15, 0.2) is 0 Å². The summed E-state index contributed by atoms with van der Waals surface area (Å²) in [5, 5.41) is 19.0. The highest BCUT2D eigenvalue weighted by Gasteiger charge is 2.20. The molecule has 1 unspecified atom stereocenters. The van der Waals surface area contributed by atoms with Crippen LogP contribution in [-0.2, 0) is 16.0 Å². The predicted octanol–water partition coefficient (Wildman–Crippen LogP) is 1.41. The number of aliphatic carboxylic acids is 1. The van der Waals surface area contributed by atoms with Gasteiger partial charge in [0, 0.05) is 5.69 Å². The van der Waals surface area contributed by atoms with Gasteiger partial charge in [0.2, 0.25) is 5.91 Å². The molecule has 1 atom stereocenters. The number of carbonyl (C=O) groups is 2. The highest BCUT2D eigenvalue weighted by atomic mass is 16.4. The number of nitrogens with zero attached hydrogens (tertiary/aromatic N) is 3. The average Bonchev–Trinajstić information content (AvgIpc) is 2.87. The highest BCUT2D eigenvalue weighted by molar-refractivity contribution is 5.93. The van der Waals surface area contributed by atoms with Crippen molar-refractivity contribution < 1.29 is 14.7 Å². The molecule has 7 nitrogen and oxygen atoms in total. The van der Waals surface area contributed by atoms with Crippen LogP contribution in [0.2, 0.25) is 0 Å². The Labute approximate surface area is 121 Å². The molecule has 1 aromatic carbocycles. The number of anilines is 1. The molecule has 0 spiro atoms. The third-order valence-corrected chi connectivity index (χ3v) is 3.05. The zero-order chi connectivity index (χ0) is 15.4. The Balaban J connectivity index is 2.10. The van der Waals surface area contributed by atoms with E-state index in [1.165, 1.54) is 10.9 Å². The molecule has 2 rings (SSSR count). The van der Waals surface area contributed by atoms with E-state index in [-0.39, 0.29) is 12.3 Å². The summed E-state index contributed by atoms with van der Waals surface area (Å²) in [5.41, 5.74) is 2.16. The molecule has 2 N–H and O–H groups in total. The van der Waals surface area contributed by atoms with Crippen molar-refractivity contribution in [1.29, 1.82) is 0 Å². The monoisotopic (exact) mass is 288 g/mol. The number of aromatic nitrogens is 3. The van der Waals surface area contributed by atoms with Crippen molar-refractivity contribution in [3.8, 4) is 0 Å². The first-order valence-corrected chi connectivity index (χ1v) is 6.46. The van der Waals surface area contributed by atoms with Crippen molar-refractivity contribution in [2.75, 3.05) is 5.32 Å². The van der Waals surface area contributed by atoms with Gasteiger partial charge in [0.05, 0.1) is 18.3 Å². The smallest absolute Gasteiger partial charge is 0.309 e. The van der Waals surface area contributed by atoms with Crippen molar-refractivity contribution in [1.82, 2.24) is 15.0 Å². The number of aryl methyl sites for hydroxylation is 1. The lowest BCUT2D eigenvalue weighted by Gasteiger charge is -2.14. The van der Waals surface area contributed by atoms with Crippen LogP contribution in [0.25, 0.3) is 0 Å². The minimum atomic E-state index is -0.996. The third kappa shape index (κ3) is 3.65. The van der Waals surface area contributed by atoms with Crippen LogP contribution in [-0.4, -0.2) is 32.0 Å². The van der Waals surface area contributed by atoms with Gasteiger partial charge in [-0.15, -0.1) is 5.10 Å². The average molecular weight is 288 g/mol. The van der Waals surface area contributed by atoms with Gasteiger partial charge in [0.25, 0.3) is 0 Å². The van der Waals surface area contributed by atoms with Gasteiger partial charge >= 0.3 is 5.97 Å². The summed E-state index contributed by atoms with van der Waals surface area (Å²) in [7, 11) is 0. The molecule has 110 valence electrons. The molecular weight excluding hydrogens is 272 g/mol. The van der Waals surface area contributed by atoms with E-state index in [4.69, 9.17) is 5.11 Å². The van der Waals surface area contributed by atoms with E-state index < -0.39 is 12.0 Å². The molecule has 1 heterocycles. The molecule has 0 fully saturated rings. The standard InChI is InChI=1S/C14H16N4O3/c1-9-3-5-11(6-4-9)16-14(21)10(2)18-12(7-13(19)20)8-15-17-18/h3-6,8,10H,7H2,1-2H3,(H,16,21)(H,19,20). The zero-order valence-corrected chi connectivity index (χ0v) is 11.8. The SMILES string of the molecule is Cc1ccc(NC(=O)C(C)n2nncc2CC(=O)O)cc1. The quantitative estimate of drug-likeness (QED) is 0.867. The van der Waals surface area contributed by atoms with Crippen molar-refractivity contribution >= 4 is 17.6 Å². The van der Waals surface area contributed by atoms with E-state index in [9.17, 15) is 9.59 Å². The number of rotatable bonds is 5. The first kappa shape index (κ1) is 14.7. The van der Waals surface area contributed by atoms with Crippen LogP contribution in [0.15, 0.2) is 30.5 Å². The summed E-state index contributed by atoms with van der Waals surface area (Å²) in [6.07, 6.45) is 1.12. The molecule has 0 aliphatic rings. The lowest BCUT2D eigenvalue weighted by atomic mass is 10.2. The fourth-order valence-corrected chi connectivity index (χ4v) is 1.87. The fourth-order valence-electron chi connectivity index (χ4n) is 1.87. The number of carbonyl (C=O) groups excluding carboxylic acids is 1. The second-order valence-electron chi connectivity index (χ2n) is 4.77. The normalized spacial score (nSPS) is 11.9. The maximum absolute atomic E-state index is 12.2. The Morgan fingerprint density at radius 3 is 2.62 bits per heavy atom. The molecule has 2 aromatic rings. The van der Waals surface area contributed by atoms with Crippen LogP contribution in [0.5, 0.6) is 0 Å². The Bertz CT molecular complexity index is 648. The van der Waals surface area contributed by atoms with E-state index in [0.29, 0.717) is 11.4 Å². The van der Waals surface area contributed by atoms with Crippen LogP contribution in [0.1, 0.15) is 24.2 Å². The van der Waals surface area contributed by atoms with Gasteiger partial charge in [-0.3, -0.25) is 9.59 Å². The fraction of sp³-hybridized carbons (Fsp3) is 0.286. The van der Waals surface area contributed by atoms with Gasteiger partial charge < -0.3 is 10.4 Å². The summed E-state index contributed by atoms with van der Waals surface area (Å²) < 4.78 is 1.32. The number of carboxylic acids is 1. The van der Waals surface area contributed by atoms with E-state index in [1.54, 1.807) is 19.1 Å². The summed E-state index contributed by atoms with van der Waals surface area (Å²) in [5.74, 6) is -1.28. The van der Waals surface area contributed by atoms with Crippen molar-refractivity contribution in [2.45, 2.75) is 26.3 Å². The molecule has 0 saturated heterocycles. The minimum Gasteiger partial charge on any atom is -0.481 e. The Morgan fingerprint density at radius 1 is 1.33 bits per heavy atom. The molecule has 1 aromatic heterocycles. The van der Waals surface area contributed by atoms with Crippen LogP contribution in [0.3, 0.4) is 0 Å². The number of benzene rings is 1. The molecule has 0 aliphatic heterocycles. The van der Waals surface area contributed by atoms with Crippen molar-refractivity contribution in [3.05, 3.63) is 41.7 Å². The van der Waals surface area contributed by atoms with E-state index in [0.717, 1.165) is 5.56 Å². The van der Waals surface area contributed by atoms with Gasteiger partial charge in [-0.25, -0.2) is 4.68 Å². The summed E-state index contributed by atoms with van der Waals surface area (Å²) in [6, 6.07) is 6.75. The highest BCUT2D eigenvalue weighted by Crippen LogP contribution is 2.14. The molecule has 0 saturated carbocycles. The van der Waals surface area contributed by atoms with Crippen molar-refractivity contribution in [3.63, 3.8) is 0 Å². The maximum Gasteiger partial charge on any atom is 0.309 e. The minimum absolute atomic E-state index is 0.227. The number of hydrogen-bond acceptors (Lipinski definition) is 4. The molecule has 0 radical (unpaired) electrons. The second kappa shape index (κ2) is 6.17. The molecule has 1 amide bonds. The zero-order valence-electron chi connectivity index (χ0n) is 11.8. The van der Waals surface area contributed by atoms with E-state index in [1.807, 2.05) is 19.1 Å². The summed E-state index contributed by atoms with van der Waals surface area (Å²) in [6.45, 7) is 3.60. The molecule has 0 aliphatic carbocycles. The van der Waals surface area contributed by atoms with E-state index in [2.05, 4.69) is 15.6 Å². The molecular formula is C14H16N4O3. The van der Waals surface area contributed by atoms with Gasteiger partial charge in [-0.1, -0.05) is 22.9 Å². The predicted molar refractivity (Wildman–Crippen MR) is 75.9 cm³/mol. The largest absolute Gasteiger partial charge is 0.481 e. The van der Waals surface area contributed by atoms with E-state index >= 15 is 0 Å². The number of nitrogens with one attached hydrogen (secondary N) is 1. The Morgan fingerprint density at radius 2 is 2.00 bits per heavy atom. The lowest BCUT2D eigenvalue weighted by molar-refractivity contribution is -0.136.